The number of aryl methyl sites for hydroxylation is 1. The SMILES string of the molecule is Cc1cc(F)ccc1S(=O)(=O)NCCc1ccn[nH]1. The van der Waals surface area contributed by atoms with Gasteiger partial charge in [0.25, 0.3) is 0 Å². The van der Waals surface area contributed by atoms with Gasteiger partial charge in [0.15, 0.2) is 0 Å². The minimum Gasteiger partial charge on any atom is -0.283 e. The molecular formula is C12H14FN3O2S. The van der Waals surface area contributed by atoms with Crippen LogP contribution in [-0.4, -0.2) is 25.2 Å². The van der Waals surface area contributed by atoms with Crippen LogP contribution >= 0.6 is 0 Å². The molecule has 0 aliphatic rings. The number of sulfonamides is 1. The van der Waals surface area contributed by atoms with Gasteiger partial charge < -0.3 is 0 Å². The van der Waals surface area contributed by atoms with Crippen molar-refractivity contribution < 1.29 is 12.8 Å². The molecule has 0 saturated carbocycles. The molecule has 19 heavy (non-hydrogen) atoms. The predicted molar refractivity (Wildman–Crippen MR) is 68.6 cm³/mol. The van der Waals surface area contributed by atoms with Crippen molar-refractivity contribution in [2.75, 3.05) is 6.54 Å². The Balaban J connectivity index is 2.05. The minimum absolute atomic E-state index is 0.0958. The number of benzene rings is 1. The lowest BCUT2D eigenvalue weighted by atomic mass is 10.2. The highest BCUT2D eigenvalue weighted by Crippen LogP contribution is 2.15. The Morgan fingerprint density at radius 3 is 2.79 bits per heavy atom. The van der Waals surface area contributed by atoms with Gasteiger partial charge in [0.05, 0.1) is 4.90 Å². The summed E-state index contributed by atoms with van der Waals surface area (Å²) >= 11 is 0. The molecule has 102 valence electrons. The Morgan fingerprint density at radius 2 is 2.16 bits per heavy atom. The molecule has 2 aromatic rings. The van der Waals surface area contributed by atoms with Gasteiger partial charge >= 0.3 is 0 Å². The van der Waals surface area contributed by atoms with Crippen molar-refractivity contribution in [1.82, 2.24) is 14.9 Å². The summed E-state index contributed by atoms with van der Waals surface area (Å²) in [5.41, 5.74) is 1.23. The van der Waals surface area contributed by atoms with Gasteiger partial charge in [-0.2, -0.15) is 5.10 Å². The molecule has 2 N–H and O–H groups in total. The second-order valence-corrected chi connectivity index (χ2v) is 5.87. The minimum atomic E-state index is -3.61. The van der Waals surface area contributed by atoms with Crippen molar-refractivity contribution >= 4 is 10.0 Å². The standard InChI is InChI=1S/C12H14FN3O2S/c1-9-8-10(13)2-3-12(9)19(17,18)15-7-5-11-4-6-14-16-11/h2-4,6,8,15H,5,7H2,1H3,(H,14,16). The lowest BCUT2D eigenvalue weighted by Crippen LogP contribution is -2.26. The summed E-state index contributed by atoms with van der Waals surface area (Å²) in [6.45, 7) is 1.81. The Bertz CT molecular complexity index is 654. The summed E-state index contributed by atoms with van der Waals surface area (Å²) < 4.78 is 39.5. The van der Waals surface area contributed by atoms with Gasteiger partial charge in [-0.1, -0.05) is 0 Å². The van der Waals surface area contributed by atoms with E-state index in [1.165, 1.54) is 12.1 Å². The highest BCUT2D eigenvalue weighted by atomic mass is 32.2. The third-order valence-corrected chi connectivity index (χ3v) is 4.29. The molecule has 0 saturated heterocycles. The van der Waals surface area contributed by atoms with Gasteiger partial charge in [-0.15, -0.1) is 0 Å². The van der Waals surface area contributed by atoms with Crippen LogP contribution in [0.1, 0.15) is 11.3 Å². The predicted octanol–water partition coefficient (Wildman–Crippen LogP) is 1.38. The molecule has 0 aliphatic carbocycles. The third-order valence-electron chi connectivity index (χ3n) is 2.67. The van der Waals surface area contributed by atoms with Crippen LogP contribution in [0.2, 0.25) is 0 Å². The fourth-order valence-corrected chi connectivity index (χ4v) is 2.99. The Labute approximate surface area is 110 Å². The quantitative estimate of drug-likeness (QED) is 0.870. The first-order chi connectivity index (χ1) is 8.99. The van der Waals surface area contributed by atoms with Crippen LogP contribution in [0.3, 0.4) is 0 Å². The second kappa shape index (κ2) is 5.50. The maximum atomic E-state index is 12.9. The van der Waals surface area contributed by atoms with E-state index in [4.69, 9.17) is 0 Å². The smallest absolute Gasteiger partial charge is 0.240 e. The van der Waals surface area contributed by atoms with Crippen LogP contribution in [0, 0.1) is 12.7 Å². The van der Waals surface area contributed by atoms with Gasteiger partial charge in [0, 0.05) is 24.9 Å². The summed E-state index contributed by atoms with van der Waals surface area (Å²) in [6.07, 6.45) is 2.12. The highest BCUT2D eigenvalue weighted by molar-refractivity contribution is 7.89. The van der Waals surface area contributed by atoms with Crippen LogP contribution in [0.15, 0.2) is 35.4 Å². The molecule has 5 nitrogen and oxygen atoms in total. The first-order valence-corrected chi connectivity index (χ1v) is 7.21. The molecule has 0 aliphatic heterocycles. The number of aromatic amines is 1. The maximum Gasteiger partial charge on any atom is 0.240 e. The van der Waals surface area contributed by atoms with Gasteiger partial charge in [0.2, 0.25) is 10.0 Å². The van der Waals surface area contributed by atoms with Crippen LogP contribution in [0.5, 0.6) is 0 Å². The lowest BCUT2D eigenvalue weighted by Gasteiger charge is -2.08. The molecule has 0 spiro atoms. The zero-order chi connectivity index (χ0) is 13.9. The van der Waals surface area contributed by atoms with Crippen molar-refractivity contribution in [2.45, 2.75) is 18.2 Å². The van der Waals surface area contributed by atoms with E-state index in [-0.39, 0.29) is 11.4 Å². The number of rotatable bonds is 5. The third kappa shape index (κ3) is 3.39. The summed E-state index contributed by atoms with van der Waals surface area (Å²) in [7, 11) is -3.61. The van der Waals surface area contributed by atoms with Gasteiger partial charge in [-0.3, -0.25) is 5.10 Å². The van der Waals surface area contributed by atoms with Crippen LogP contribution < -0.4 is 4.72 Å². The molecule has 0 unspecified atom stereocenters. The van der Waals surface area contributed by atoms with Crippen molar-refractivity contribution in [3.63, 3.8) is 0 Å². The van der Waals surface area contributed by atoms with Gasteiger partial charge in [-0.05, 0) is 36.8 Å². The first-order valence-electron chi connectivity index (χ1n) is 5.73. The average molecular weight is 283 g/mol. The highest BCUT2D eigenvalue weighted by Gasteiger charge is 2.16. The largest absolute Gasteiger partial charge is 0.283 e. The topological polar surface area (TPSA) is 74.8 Å². The zero-order valence-electron chi connectivity index (χ0n) is 10.4. The number of hydrogen-bond acceptors (Lipinski definition) is 3. The van der Waals surface area contributed by atoms with Crippen LogP contribution in [0.25, 0.3) is 0 Å². The molecule has 7 heteroatoms. The van der Waals surface area contributed by atoms with E-state index in [0.29, 0.717) is 12.0 Å². The van der Waals surface area contributed by atoms with Crippen molar-refractivity contribution in [3.8, 4) is 0 Å². The number of aromatic nitrogens is 2. The normalized spacial score (nSPS) is 11.7. The van der Waals surface area contributed by atoms with E-state index in [1.54, 1.807) is 19.2 Å². The summed E-state index contributed by atoms with van der Waals surface area (Å²) in [6, 6.07) is 5.38. The molecule has 1 aromatic heterocycles. The molecule has 0 amide bonds. The summed E-state index contributed by atoms with van der Waals surface area (Å²) in [5, 5.41) is 6.52. The molecule has 0 bridgehead atoms. The van der Waals surface area contributed by atoms with E-state index >= 15 is 0 Å². The summed E-state index contributed by atoms with van der Waals surface area (Å²) in [5.74, 6) is -0.450. The molecule has 1 aromatic carbocycles. The second-order valence-electron chi connectivity index (χ2n) is 4.14. The maximum absolute atomic E-state index is 12.9. The monoisotopic (exact) mass is 283 g/mol. The number of nitrogens with zero attached hydrogens (tertiary/aromatic N) is 1. The van der Waals surface area contributed by atoms with E-state index in [9.17, 15) is 12.8 Å². The summed E-state index contributed by atoms with van der Waals surface area (Å²) in [4.78, 5) is 0.0958. The first kappa shape index (κ1) is 13.7. The lowest BCUT2D eigenvalue weighted by molar-refractivity contribution is 0.579. The number of H-pyrrole nitrogens is 1. The molecule has 1 heterocycles. The Hall–Kier alpha value is -1.73. The van der Waals surface area contributed by atoms with Crippen LogP contribution in [-0.2, 0) is 16.4 Å². The Kier molecular flexibility index (Phi) is 3.96. The molecule has 0 radical (unpaired) electrons. The zero-order valence-corrected chi connectivity index (χ0v) is 11.2. The number of nitrogens with one attached hydrogen (secondary N) is 2. The molecular weight excluding hydrogens is 269 g/mol. The van der Waals surface area contributed by atoms with Gasteiger partial charge in [0.1, 0.15) is 5.82 Å². The van der Waals surface area contributed by atoms with Crippen molar-refractivity contribution in [1.29, 1.82) is 0 Å². The molecule has 0 fully saturated rings. The molecule has 0 atom stereocenters. The van der Waals surface area contributed by atoms with Crippen molar-refractivity contribution in [2.24, 2.45) is 0 Å². The average Bonchev–Trinajstić information content (AvgIpc) is 2.81. The van der Waals surface area contributed by atoms with Gasteiger partial charge in [-0.25, -0.2) is 17.5 Å². The Morgan fingerprint density at radius 1 is 1.37 bits per heavy atom. The fraction of sp³-hybridized carbons (Fsp3) is 0.250. The number of hydrogen-bond donors (Lipinski definition) is 2. The fourth-order valence-electron chi connectivity index (χ4n) is 1.74. The van der Waals surface area contributed by atoms with E-state index in [0.717, 1.165) is 11.8 Å². The van der Waals surface area contributed by atoms with E-state index in [1.807, 2.05) is 0 Å². The van der Waals surface area contributed by atoms with Crippen molar-refractivity contribution in [3.05, 3.63) is 47.5 Å². The van der Waals surface area contributed by atoms with E-state index in [2.05, 4.69) is 14.9 Å². The van der Waals surface area contributed by atoms with E-state index < -0.39 is 15.8 Å². The van der Waals surface area contributed by atoms with Crippen LogP contribution in [0.4, 0.5) is 4.39 Å². The number of halogens is 1. The molecule has 2 rings (SSSR count).